The molecule has 0 spiro atoms. The molecule has 8 aromatic carbocycles. The molecule has 2 aromatic heterocycles. The fraction of sp³-hybridized carbons (Fsp3) is 0. The average Bonchev–Trinajstić information content (AvgIpc) is 3.66. The van der Waals surface area contributed by atoms with Crippen molar-refractivity contribution in [2.75, 3.05) is 0 Å². The van der Waals surface area contributed by atoms with E-state index in [4.69, 9.17) is 14.4 Å². The van der Waals surface area contributed by atoms with Gasteiger partial charge in [0.15, 0.2) is 5.82 Å². The van der Waals surface area contributed by atoms with Gasteiger partial charge in [0.05, 0.1) is 11.1 Å². The Labute approximate surface area is 319 Å². The predicted octanol–water partition coefficient (Wildman–Crippen LogP) is 14.0. The molecule has 0 amide bonds. The number of benzene rings is 8. The number of hydrogen-bond acceptors (Lipinski definition) is 3. The maximum Gasteiger partial charge on any atom is 0.231 e. The van der Waals surface area contributed by atoms with Crippen molar-refractivity contribution >= 4 is 22.1 Å². The Morgan fingerprint density at radius 2 is 0.673 bits per heavy atom. The number of furan rings is 1. The van der Waals surface area contributed by atoms with Crippen LogP contribution in [-0.2, 0) is 0 Å². The monoisotopic (exact) mass is 702 g/mol. The van der Waals surface area contributed by atoms with Crippen LogP contribution in [0, 0.1) is 0 Å². The molecule has 258 valence electrons. The Morgan fingerprint density at radius 1 is 0.291 bits per heavy atom. The molecule has 0 aliphatic rings. The Kier molecular flexibility index (Phi) is 8.16. The molecule has 0 N–H and O–H groups in total. The van der Waals surface area contributed by atoms with Gasteiger partial charge in [-0.1, -0.05) is 176 Å². The van der Waals surface area contributed by atoms with E-state index in [9.17, 15) is 0 Å². The Hall–Kier alpha value is -7.36. The van der Waals surface area contributed by atoms with Crippen LogP contribution in [0.4, 0.5) is 0 Å². The molecule has 55 heavy (non-hydrogen) atoms. The van der Waals surface area contributed by atoms with Gasteiger partial charge in [-0.2, -0.15) is 4.98 Å². The fourth-order valence-corrected chi connectivity index (χ4v) is 7.52. The molecule has 0 saturated carbocycles. The van der Waals surface area contributed by atoms with Crippen LogP contribution in [0.5, 0.6) is 0 Å². The third-order valence-electron chi connectivity index (χ3n) is 10.3. The van der Waals surface area contributed by atoms with Crippen LogP contribution in [0.2, 0.25) is 0 Å². The lowest BCUT2D eigenvalue weighted by molar-refractivity contribution is 0.653. The SMILES string of the molecule is c1ccc(-c2ccc(-c3cccc(-c4nc(-c5cccc(-c6cccc(-c7cccc(-c8ccccc8)c7)c6)c5)nc5oc6ccccc6c45)c3)cc2)cc1. The number of rotatable bonds is 7. The van der Waals surface area contributed by atoms with E-state index in [1.165, 1.54) is 27.8 Å². The zero-order chi connectivity index (χ0) is 36.6. The van der Waals surface area contributed by atoms with Crippen LogP contribution in [0.25, 0.3) is 100 Å². The molecule has 3 heteroatoms. The van der Waals surface area contributed by atoms with Crippen LogP contribution in [0.1, 0.15) is 0 Å². The number of fused-ring (bicyclic) bond motifs is 3. The van der Waals surface area contributed by atoms with Crippen molar-refractivity contribution in [1.82, 2.24) is 9.97 Å². The predicted molar refractivity (Wildman–Crippen MR) is 227 cm³/mol. The van der Waals surface area contributed by atoms with Gasteiger partial charge in [-0.15, -0.1) is 0 Å². The van der Waals surface area contributed by atoms with Crippen molar-refractivity contribution in [2.45, 2.75) is 0 Å². The summed E-state index contributed by atoms with van der Waals surface area (Å²) in [6.45, 7) is 0. The van der Waals surface area contributed by atoms with E-state index in [0.717, 1.165) is 61.0 Å². The molecule has 3 nitrogen and oxygen atoms in total. The lowest BCUT2D eigenvalue weighted by Crippen LogP contribution is -1.94. The molecule has 0 fully saturated rings. The van der Waals surface area contributed by atoms with Crippen LogP contribution >= 0.6 is 0 Å². The van der Waals surface area contributed by atoms with Gasteiger partial charge < -0.3 is 4.42 Å². The highest BCUT2D eigenvalue weighted by Gasteiger charge is 2.19. The molecular weight excluding hydrogens is 669 g/mol. The van der Waals surface area contributed by atoms with E-state index in [1.807, 2.05) is 24.3 Å². The van der Waals surface area contributed by atoms with Gasteiger partial charge in [0.1, 0.15) is 5.58 Å². The van der Waals surface area contributed by atoms with Crippen LogP contribution in [-0.4, -0.2) is 9.97 Å². The molecule has 10 aromatic rings. The van der Waals surface area contributed by atoms with Gasteiger partial charge in [0.2, 0.25) is 5.71 Å². The van der Waals surface area contributed by atoms with E-state index >= 15 is 0 Å². The first-order valence-corrected chi connectivity index (χ1v) is 18.6. The van der Waals surface area contributed by atoms with Gasteiger partial charge in [-0.3, -0.25) is 0 Å². The van der Waals surface area contributed by atoms with Gasteiger partial charge in [-0.25, -0.2) is 4.98 Å². The maximum absolute atomic E-state index is 6.42. The standard InChI is InChI=1S/C52H34N2O/c1-3-13-35(14-4-1)37-27-29-38(30-28-37)40-18-11-23-45(33-40)50-49-47-25-7-8-26-48(47)55-52(49)54-51(53-50)46-24-12-22-44(34-46)43-21-10-20-42(32-43)41-19-9-17-39(31-41)36-15-5-2-6-16-36/h1-34H. The van der Waals surface area contributed by atoms with E-state index in [-0.39, 0.29) is 0 Å². The van der Waals surface area contributed by atoms with E-state index in [0.29, 0.717) is 11.5 Å². The third kappa shape index (κ3) is 6.28. The summed E-state index contributed by atoms with van der Waals surface area (Å²) in [5.74, 6) is 0.618. The van der Waals surface area contributed by atoms with Crippen LogP contribution in [0.15, 0.2) is 211 Å². The molecule has 0 radical (unpaired) electrons. The Morgan fingerprint density at radius 3 is 1.25 bits per heavy atom. The van der Waals surface area contributed by atoms with Crippen LogP contribution < -0.4 is 0 Å². The van der Waals surface area contributed by atoms with Gasteiger partial charge in [-0.05, 0) is 86.0 Å². The first kappa shape index (κ1) is 32.3. The maximum atomic E-state index is 6.42. The molecule has 2 heterocycles. The first-order valence-electron chi connectivity index (χ1n) is 18.6. The zero-order valence-electron chi connectivity index (χ0n) is 29.9. The minimum atomic E-state index is 0.574. The molecule has 10 rings (SSSR count). The summed E-state index contributed by atoms with van der Waals surface area (Å²) in [5.41, 5.74) is 15.8. The molecule has 0 unspecified atom stereocenters. The fourth-order valence-electron chi connectivity index (χ4n) is 7.52. The number of hydrogen-bond donors (Lipinski definition) is 0. The van der Waals surface area contributed by atoms with Gasteiger partial charge in [0.25, 0.3) is 0 Å². The van der Waals surface area contributed by atoms with Crippen molar-refractivity contribution in [3.63, 3.8) is 0 Å². The molecular formula is C52H34N2O. The summed E-state index contributed by atoms with van der Waals surface area (Å²) in [6.07, 6.45) is 0. The highest BCUT2D eigenvalue weighted by molar-refractivity contribution is 6.10. The quantitative estimate of drug-likeness (QED) is 0.166. The molecule has 0 bridgehead atoms. The normalized spacial score (nSPS) is 11.3. The first-order chi connectivity index (χ1) is 27.2. The summed E-state index contributed by atoms with van der Waals surface area (Å²) in [6, 6.07) is 72.4. The summed E-state index contributed by atoms with van der Waals surface area (Å²) in [4.78, 5) is 10.4. The average molecular weight is 703 g/mol. The number of aromatic nitrogens is 2. The van der Waals surface area contributed by atoms with Crippen molar-refractivity contribution in [2.24, 2.45) is 0 Å². The zero-order valence-corrected chi connectivity index (χ0v) is 29.9. The second kappa shape index (κ2) is 13.9. The van der Waals surface area contributed by atoms with Crippen molar-refractivity contribution in [3.05, 3.63) is 206 Å². The minimum Gasteiger partial charge on any atom is -0.438 e. The summed E-state index contributed by atoms with van der Waals surface area (Å²) >= 11 is 0. The van der Waals surface area contributed by atoms with E-state index < -0.39 is 0 Å². The molecule has 0 aliphatic carbocycles. The summed E-state index contributed by atoms with van der Waals surface area (Å²) < 4.78 is 6.42. The number of para-hydroxylation sites is 1. The topological polar surface area (TPSA) is 38.9 Å². The largest absolute Gasteiger partial charge is 0.438 e. The third-order valence-corrected chi connectivity index (χ3v) is 10.3. The van der Waals surface area contributed by atoms with Crippen molar-refractivity contribution in [3.8, 4) is 78.3 Å². The smallest absolute Gasteiger partial charge is 0.231 e. The second-order valence-electron chi connectivity index (χ2n) is 13.8. The molecule has 0 aliphatic heterocycles. The minimum absolute atomic E-state index is 0.574. The number of nitrogens with zero attached hydrogens (tertiary/aromatic N) is 2. The lowest BCUT2D eigenvalue weighted by atomic mass is 9.95. The van der Waals surface area contributed by atoms with Gasteiger partial charge in [0, 0.05) is 16.5 Å². The highest BCUT2D eigenvalue weighted by atomic mass is 16.3. The van der Waals surface area contributed by atoms with Crippen LogP contribution in [0.3, 0.4) is 0 Å². The highest BCUT2D eigenvalue weighted by Crippen LogP contribution is 2.38. The Bertz CT molecular complexity index is 2960. The van der Waals surface area contributed by atoms with E-state index in [2.05, 4.69) is 182 Å². The summed E-state index contributed by atoms with van der Waals surface area (Å²) in [7, 11) is 0. The Balaban J connectivity index is 1.04. The second-order valence-corrected chi connectivity index (χ2v) is 13.8. The lowest BCUT2D eigenvalue weighted by Gasteiger charge is -2.11. The van der Waals surface area contributed by atoms with Crippen molar-refractivity contribution < 1.29 is 4.42 Å². The molecule has 0 saturated heterocycles. The van der Waals surface area contributed by atoms with Gasteiger partial charge >= 0.3 is 0 Å². The van der Waals surface area contributed by atoms with Crippen molar-refractivity contribution in [1.29, 1.82) is 0 Å². The summed E-state index contributed by atoms with van der Waals surface area (Å²) in [5, 5.41) is 1.91. The van der Waals surface area contributed by atoms with E-state index in [1.54, 1.807) is 0 Å². The molecule has 0 atom stereocenters.